The zero-order valence-electron chi connectivity index (χ0n) is 13.7. The zero-order valence-corrected chi connectivity index (χ0v) is 13.7. The number of hydrogen-bond acceptors (Lipinski definition) is 3. The molecule has 122 valence electrons. The molecule has 0 saturated carbocycles. The molecular formula is C19H19N3O2. The second-order valence-electron chi connectivity index (χ2n) is 5.86. The average Bonchev–Trinajstić information content (AvgIpc) is 2.54. The number of aromatic nitrogens is 1. The molecule has 0 unspecified atom stereocenters. The Kier molecular flexibility index (Phi) is 4.42. The number of carbonyl (C=O) groups excluding carboxylic acids is 2. The van der Waals surface area contributed by atoms with Crippen LogP contribution in [0.5, 0.6) is 0 Å². The Morgan fingerprint density at radius 2 is 2.04 bits per heavy atom. The Hall–Kier alpha value is -2.95. The molecule has 1 atom stereocenters. The van der Waals surface area contributed by atoms with Crippen LogP contribution in [0.2, 0.25) is 0 Å². The first-order valence-electron chi connectivity index (χ1n) is 7.83. The highest BCUT2D eigenvalue weighted by Gasteiger charge is 2.28. The molecule has 1 aromatic heterocycles. The Morgan fingerprint density at radius 3 is 2.79 bits per heavy atom. The molecule has 5 heteroatoms. The summed E-state index contributed by atoms with van der Waals surface area (Å²) >= 11 is 0. The van der Waals surface area contributed by atoms with Gasteiger partial charge < -0.3 is 10.2 Å². The lowest BCUT2D eigenvalue weighted by molar-refractivity contribution is -0.129. The number of rotatable bonds is 3. The van der Waals surface area contributed by atoms with Crippen molar-refractivity contribution in [2.24, 2.45) is 0 Å². The molecule has 0 bridgehead atoms. The van der Waals surface area contributed by atoms with E-state index in [0.717, 1.165) is 16.7 Å². The minimum atomic E-state index is -0.312. The summed E-state index contributed by atoms with van der Waals surface area (Å²) in [5, 5.41) is 2.81. The van der Waals surface area contributed by atoms with Crippen molar-refractivity contribution >= 4 is 23.7 Å². The van der Waals surface area contributed by atoms with E-state index in [0.29, 0.717) is 5.82 Å². The molecular weight excluding hydrogens is 302 g/mol. The maximum absolute atomic E-state index is 12.5. The van der Waals surface area contributed by atoms with E-state index in [2.05, 4.69) is 10.3 Å². The molecule has 0 saturated heterocycles. The summed E-state index contributed by atoms with van der Waals surface area (Å²) in [6, 6.07) is 11.2. The minimum absolute atomic E-state index is 0.0905. The van der Waals surface area contributed by atoms with Gasteiger partial charge in [-0.25, -0.2) is 4.98 Å². The molecule has 1 N–H and O–H groups in total. The van der Waals surface area contributed by atoms with Gasteiger partial charge in [0, 0.05) is 19.3 Å². The molecule has 0 spiro atoms. The van der Waals surface area contributed by atoms with Gasteiger partial charge in [-0.05, 0) is 41.8 Å². The van der Waals surface area contributed by atoms with Gasteiger partial charge in [0.2, 0.25) is 11.8 Å². The smallest absolute Gasteiger partial charge is 0.227 e. The summed E-state index contributed by atoms with van der Waals surface area (Å²) in [5.41, 5.74) is 3.03. The van der Waals surface area contributed by atoms with Crippen molar-refractivity contribution in [2.45, 2.75) is 26.3 Å². The summed E-state index contributed by atoms with van der Waals surface area (Å²) in [5.74, 6) is 0.260. The van der Waals surface area contributed by atoms with E-state index in [9.17, 15) is 9.59 Å². The van der Waals surface area contributed by atoms with Gasteiger partial charge in [-0.15, -0.1) is 0 Å². The lowest BCUT2D eigenvalue weighted by atomic mass is 9.93. The maximum atomic E-state index is 12.5. The second-order valence-corrected chi connectivity index (χ2v) is 5.86. The SMILES string of the molecule is CC(=O)N1C=Cc2ccccc2[C@@H]1CC(=O)Nc1cc(C)ccn1. The number of fused-ring (bicyclic) bond motifs is 1. The Balaban J connectivity index is 1.82. The van der Waals surface area contributed by atoms with Crippen LogP contribution < -0.4 is 5.32 Å². The summed E-state index contributed by atoms with van der Waals surface area (Å²) in [6.45, 7) is 3.45. The molecule has 2 aromatic rings. The predicted molar refractivity (Wildman–Crippen MR) is 93.0 cm³/mol. The molecule has 0 fully saturated rings. The van der Waals surface area contributed by atoms with Crippen LogP contribution in [0, 0.1) is 6.92 Å². The predicted octanol–water partition coefficient (Wildman–Crippen LogP) is 3.29. The number of benzene rings is 1. The minimum Gasteiger partial charge on any atom is -0.311 e. The fourth-order valence-electron chi connectivity index (χ4n) is 2.89. The van der Waals surface area contributed by atoms with Crippen LogP contribution in [0.4, 0.5) is 5.82 Å². The summed E-state index contributed by atoms with van der Waals surface area (Å²) < 4.78 is 0. The summed E-state index contributed by atoms with van der Waals surface area (Å²) in [7, 11) is 0. The highest BCUT2D eigenvalue weighted by molar-refractivity contribution is 5.91. The largest absolute Gasteiger partial charge is 0.311 e. The van der Waals surface area contributed by atoms with Gasteiger partial charge in [-0.3, -0.25) is 9.59 Å². The van der Waals surface area contributed by atoms with Crippen molar-refractivity contribution in [3.63, 3.8) is 0 Å². The third-order valence-electron chi connectivity index (χ3n) is 4.03. The molecule has 3 rings (SSSR count). The third-order valence-corrected chi connectivity index (χ3v) is 4.03. The molecule has 1 aliphatic heterocycles. The highest BCUT2D eigenvalue weighted by Crippen LogP contribution is 2.33. The van der Waals surface area contributed by atoms with Crippen LogP contribution in [-0.2, 0) is 9.59 Å². The van der Waals surface area contributed by atoms with Gasteiger partial charge in [0.25, 0.3) is 0 Å². The molecule has 5 nitrogen and oxygen atoms in total. The molecule has 0 aliphatic carbocycles. The van der Waals surface area contributed by atoms with Crippen LogP contribution in [0.3, 0.4) is 0 Å². The van der Waals surface area contributed by atoms with E-state index in [4.69, 9.17) is 0 Å². The van der Waals surface area contributed by atoms with E-state index < -0.39 is 0 Å². The first kappa shape index (κ1) is 15.9. The van der Waals surface area contributed by atoms with Crippen LogP contribution in [-0.4, -0.2) is 21.7 Å². The Bertz CT molecular complexity index is 814. The normalized spacial score (nSPS) is 15.8. The van der Waals surface area contributed by atoms with Gasteiger partial charge in [0.1, 0.15) is 5.82 Å². The third kappa shape index (κ3) is 3.35. The van der Waals surface area contributed by atoms with Gasteiger partial charge in [-0.2, -0.15) is 0 Å². The van der Waals surface area contributed by atoms with Crippen molar-refractivity contribution in [2.75, 3.05) is 5.32 Å². The number of hydrogen-bond donors (Lipinski definition) is 1. The highest BCUT2D eigenvalue weighted by atomic mass is 16.2. The molecule has 1 aliphatic rings. The van der Waals surface area contributed by atoms with Gasteiger partial charge in [0.15, 0.2) is 0 Å². The number of pyridine rings is 1. The van der Waals surface area contributed by atoms with Crippen molar-refractivity contribution in [1.82, 2.24) is 9.88 Å². The summed E-state index contributed by atoms with van der Waals surface area (Å²) in [6.07, 6.45) is 5.48. The fourth-order valence-corrected chi connectivity index (χ4v) is 2.89. The number of carbonyl (C=O) groups is 2. The quantitative estimate of drug-likeness (QED) is 0.943. The summed E-state index contributed by atoms with van der Waals surface area (Å²) in [4.78, 5) is 30.1. The first-order chi connectivity index (χ1) is 11.5. The monoisotopic (exact) mass is 321 g/mol. The van der Waals surface area contributed by atoms with E-state index >= 15 is 0 Å². The number of anilines is 1. The lowest BCUT2D eigenvalue weighted by Crippen LogP contribution is -2.33. The maximum Gasteiger partial charge on any atom is 0.227 e. The zero-order chi connectivity index (χ0) is 17.1. The molecule has 24 heavy (non-hydrogen) atoms. The van der Waals surface area contributed by atoms with Gasteiger partial charge in [0.05, 0.1) is 12.5 Å². The van der Waals surface area contributed by atoms with Gasteiger partial charge >= 0.3 is 0 Å². The molecule has 0 radical (unpaired) electrons. The van der Waals surface area contributed by atoms with Gasteiger partial charge in [-0.1, -0.05) is 24.3 Å². The molecule has 2 amide bonds. The lowest BCUT2D eigenvalue weighted by Gasteiger charge is -2.32. The van der Waals surface area contributed by atoms with E-state index in [-0.39, 0.29) is 24.3 Å². The Morgan fingerprint density at radius 1 is 1.25 bits per heavy atom. The fraction of sp³-hybridized carbons (Fsp3) is 0.211. The number of aryl methyl sites for hydroxylation is 1. The number of nitrogens with zero attached hydrogens (tertiary/aromatic N) is 2. The van der Waals surface area contributed by atoms with Crippen LogP contribution >= 0.6 is 0 Å². The molecule has 2 heterocycles. The van der Waals surface area contributed by atoms with Crippen molar-refractivity contribution < 1.29 is 9.59 Å². The van der Waals surface area contributed by atoms with Crippen LogP contribution in [0.15, 0.2) is 48.8 Å². The van der Waals surface area contributed by atoms with E-state index in [1.54, 1.807) is 17.3 Å². The number of amides is 2. The van der Waals surface area contributed by atoms with Crippen LogP contribution in [0.1, 0.15) is 36.1 Å². The first-order valence-corrected chi connectivity index (χ1v) is 7.83. The topological polar surface area (TPSA) is 62.3 Å². The van der Waals surface area contributed by atoms with Crippen molar-refractivity contribution in [3.8, 4) is 0 Å². The standard InChI is InChI=1S/C19H19N3O2/c1-13-7-9-20-18(11-13)21-19(24)12-17-16-6-4-3-5-15(16)8-10-22(17)14(2)23/h3-11,17H,12H2,1-2H3,(H,20,21,24)/t17-/m0/s1. The van der Waals surface area contributed by atoms with Crippen LogP contribution in [0.25, 0.3) is 6.08 Å². The average molecular weight is 321 g/mol. The van der Waals surface area contributed by atoms with E-state index in [1.807, 2.05) is 49.4 Å². The van der Waals surface area contributed by atoms with E-state index in [1.165, 1.54) is 6.92 Å². The van der Waals surface area contributed by atoms with Crippen molar-refractivity contribution in [1.29, 1.82) is 0 Å². The Labute approximate surface area is 141 Å². The number of nitrogens with one attached hydrogen (secondary N) is 1. The second kappa shape index (κ2) is 6.66. The van der Waals surface area contributed by atoms with Crippen molar-refractivity contribution in [3.05, 3.63) is 65.5 Å². The molecule has 1 aromatic carbocycles.